The van der Waals surface area contributed by atoms with E-state index in [4.69, 9.17) is 0 Å². The molecule has 0 radical (unpaired) electrons. The maximum Gasteiger partial charge on any atom is 0.0644 e. The average Bonchev–Trinajstić information content (AvgIpc) is 2.75. The summed E-state index contributed by atoms with van der Waals surface area (Å²) >= 11 is 0. The van der Waals surface area contributed by atoms with Crippen LogP contribution < -0.4 is 5.32 Å². The second-order valence-electron chi connectivity index (χ2n) is 5.66. The molecule has 2 aromatic rings. The quantitative estimate of drug-likeness (QED) is 0.901. The minimum atomic E-state index is 0.218. The van der Waals surface area contributed by atoms with Gasteiger partial charge in [-0.15, -0.1) is 0 Å². The first-order valence-electron chi connectivity index (χ1n) is 7.36. The molecular formula is C17H25N3. The minimum absolute atomic E-state index is 0.218. The van der Waals surface area contributed by atoms with Gasteiger partial charge in [0.05, 0.1) is 11.7 Å². The Morgan fingerprint density at radius 3 is 2.20 bits per heavy atom. The summed E-state index contributed by atoms with van der Waals surface area (Å²) in [5.74, 6) is 0.571. The van der Waals surface area contributed by atoms with Crippen LogP contribution in [0.1, 0.15) is 55.1 Å². The van der Waals surface area contributed by atoms with Gasteiger partial charge in [0.2, 0.25) is 0 Å². The Kier molecular flexibility index (Phi) is 4.61. The van der Waals surface area contributed by atoms with Crippen molar-refractivity contribution in [3.63, 3.8) is 0 Å². The van der Waals surface area contributed by atoms with Crippen molar-refractivity contribution >= 4 is 0 Å². The minimum Gasteiger partial charge on any atom is -0.306 e. The van der Waals surface area contributed by atoms with E-state index in [1.165, 1.54) is 16.7 Å². The highest BCUT2D eigenvalue weighted by molar-refractivity contribution is 5.35. The van der Waals surface area contributed by atoms with Gasteiger partial charge >= 0.3 is 0 Å². The topological polar surface area (TPSA) is 29.9 Å². The molecule has 0 fully saturated rings. The van der Waals surface area contributed by atoms with Gasteiger partial charge in [-0.2, -0.15) is 5.10 Å². The molecule has 1 heterocycles. The van der Waals surface area contributed by atoms with Crippen molar-refractivity contribution < 1.29 is 0 Å². The van der Waals surface area contributed by atoms with Crippen molar-refractivity contribution in [2.45, 2.75) is 39.7 Å². The average molecular weight is 271 g/mol. The number of nitrogens with zero attached hydrogens (tertiary/aromatic N) is 2. The highest BCUT2D eigenvalue weighted by Gasteiger charge is 2.17. The summed E-state index contributed by atoms with van der Waals surface area (Å²) in [5.41, 5.74) is 5.03. The van der Waals surface area contributed by atoms with Gasteiger partial charge in [0.15, 0.2) is 0 Å². The van der Waals surface area contributed by atoms with Gasteiger partial charge in [-0.05, 0) is 30.5 Å². The largest absolute Gasteiger partial charge is 0.306 e. The molecule has 1 unspecified atom stereocenters. The highest BCUT2D eigenvalue weighted by Crippen LogP contribution is 2.25. The van der Waals surface area contributed by atoms with Crippen LogP contribution in [-0.2, 0) is 7.05 Å². The second-order valence-corrected chi connectivity index (χ2v) is 5.66. The first-order valence-corrected chi connectivity index (χ1v) is 7.36. The van der Waals surface area contributed by atoms with Crippen LogP contribution in [0.4, 0.5) is 0 Å². The lowest BCUT2D eigenvalue weighted by atomic mass is 9.95. The van der Waals surface area contributed by atoms with Crippen LogP contribution in [0.2, 0.25) is 0 Å². The van der Waals surface area contributed by atoms with Crippen LogP contribution >= 0.6 is 0 Å². The zero-order chi connectivity index (χ0) is 14.7. The molecule has 108 valence electrons. The Morgan fingerprint density at radius 2 is 1.75 bits per heavy atom. The monoisotopic (exact) mass is 271 g/mol. The van der Waals surface area contributed by atoms with Crippen molar-refractivity contribution in [1.29, 1.82) is 0 Å². The number of aryl methyl sites for hydroxylation is 2. The smallest absolute Gasteiger partial charge is 0.0644 e. The van der Waals surface area contributed by atoms with Crippen LogP contribution in [0.25, 0.3) is 0 Å². The summed E-state index contributed by atoms with van der Waals surface area (Å²) in [6, 6.07) is 9.14. The number of benzene rings is 1. The molecule has 0 amide bonds. The van der Waals surface area contributed by atoms with Gasteiger partial charge in [-0.3, -0.25) is 4.68 Å². The summed E-state index contributed by atoms with van der Waals surface area (Å²) in [7, 11) is 1.97. The normalized spacial score (nSPS) is 12.9. The summed E-state index contributed by atoms with van der Waals surface area (Å²) in [6.45, 7) is 9.60. The van der Waals surface area contributed by atoms with E-state index in [1.807, 2.05) is 11.7 Å². The zero-order valence-corrected chi connectivity index (χ0v) is 13.1. The molecule has 0 aliphatic carbocycles. The summed E-state index contributed by atoms with van der Waals surface area (Å²) in [5, 5.41) is 8.03. The van der Waals surface area contributed by atoms with E-state index in [9.17, 15) is 0 Å². The van der Waals surface area contributed by atoms with Gasteiger partial charge in [0, 0.05) is 18.8 Å². The van der Waals surface area contributed by atoms with Gasteiger partial charge in [-0.1, -0.05) is 45.0 Å². The van der Waals surface area contributed by atoms with Gasteiger partial charge in [0.1, 0.15) is 0 Å². The van der Waals surface area contributed by atoms with Crippen LogP contribution in [0.3, 0.4) is 0 Å². The molecule has 0 aliphatic heterocycles. The summed E-state index contributed by atoms with van der Waals surface area (Å²) in [4.78, 5) is 0. The Hall–Kier alpha value is -1.61. The standard InChI is InChI=1S/C17H25N3/c1-6-18-17(16-11-20(5)19-13(16)4)15-9-7-14(8-10-15)12(2)3/h7-12,17-18H,6H2,1-5H3. The molecule has 1 aromatic carbocycles. The van der Waals surface area contributed by atoms with Gasteiger partial charge < -0.3 is 5.32 Å². The molecule has 0 bridgehead atoms. The number of nitrogens with one attached hydrogen (secondary N) is 1. The molecule has 0 spiro atoms. The van der Waals surface area contributed by atoms with E-state index in [1.54, 1.807) is 0 Å². The Labute approximate surface area is 122 Å². The Morgan fingerprint density at radius 1 is 1.15 bits per heavy atom. The molecule has 0 saturated carbocycles. The van der Waals surface area contributed by atoms with Crippen LogP contribution in [0, 0.1) is 6.92 Å². The number of aromatic nitrogens is 2. The maximum absolute atomic E-state index is 4.46. The van der Waals surface area contributed by atoms with Crippen molar-refractivity contribution in [2.24, 2.45) is 7.05 Å². The van der Waals surface area contributed by atoms with Gasteiger partial charge in [0.25, 0.3) is 0 Å². The Balaban J connectivity index is 2.35. The van der Waals surface area contributed by atoms with E-state index < -0.39 is 0 Å². The number of hydrogen-bond acceptors (Lipinski definition) is 2. The third kappa shape index (κ3) is 3.10. The fourth-order valence-corrected chi connectivity index (χ4v) is 2.59. The van der Waals surface area contributed by atoms with E-state index in [2.05, 4.69) is 68.6 Å². The molecule has 0 saturated heterocycles. The third-order valence-corrected chi connectivity index (χ3v) is 3.71. The van der Waals surface area contributed by atoms with E-state index in [0.29, 0.717) is 5.92 Å². The fraction of sp³-hybridized carbons (Fsp3) is 0.471. The summed E-state index contributed by atoms with van der Waals surface area (Å²) in [6.07, 6.45) is 2.11. The van der Waals surface area contributed by atoms with Crippen LogP contribution in [0.5, 0.6) is 0 Å². The first-order chi connectivity index (χ1) is 9.52. The van der Waals surface area contributed by atoms with Crippen molar-refractivity contribution in [1.82, 2.24) is 15.1 Å². The lowest BCUT2D eigenvalue weighted by molar-refractivity contribution is 0.627. The zero-order valence-electron chi connectivity index (χ0n) is 13.1. The van der Waals surface area contributed by atoms with E-state index in [0.717, 1.165) is 12.2 Å². The van der Waals surface area contributed by atoms with Crippen molar-refractivity contribution in [3.05, 3.63) is 52.8 Å². The predicted molar refractivity (Wildman–Crippen MR) is 84.0 cm³/mol. The third-order valence-electron chi connectivity index (χ3n) is 3.71. The van der Waals surface area contributed by atoms with Crippen molar-refractivity contribution in [2.75, 3.05) is 6.54 Å². The van der Waals surface area contributed by atoms with Gasteiger partial charge in [-0.25, -0.2) is 0 Å². The fourth-order valence-electron chi connectivity index (χ4n) is 2.59. The molecule has 2 rings (SSSR count). The number of rotatable bonds is 5. The molecule has 1 atom stereocenters. The molecular weight excluding hydrogens is 246 g/mol. The molecule has 3 heteroatoms. The van der Waals surface area contributed by atoms with Crippen LogP contribution in [-0.4, -0.2) is 16.3 Å². The molecule has 20 heavy (non-hydrogen) atoms. The molecule has 1 N–H and O–H groups in total. The molecule has 1 aromatic heterocycles. The summed E-state index contributed by atoms with van der Waals surface area (Å²) < 4.78 is 1.89. The highest BCUT2D eigenvalue weighted by atomic mass is 15.3. The second kappa shape index (κ2) is 6.23. The molecule has 0 aliphatic rings. The predicted octanol–water partition coefficient (Wildman–Crippen LogP) is 3.55. The lowest BCUT2D eigenvalue weighted by Crippen LogP contribution is -2.22. The van der Waals surface area contributed by atoms with E-state index in [-0.39, 0.29) is 6.04 Å². The van der Waals surface area contributed by atoms with E-state index >= 15 is 0 Å². The molecule has 3 nitrogen and oxygen atoms in total. The SMILES string of the molecule is CCNC(c1ccc(C(C)C)cc1)c1cn(C)nc1C. The maximum atomic E-state index is 4.46. The number of hydrogen-bond donors (Lipinski definition) is 1. The first kappa shape index (κ1) is 14.8. The van der Waals surface area contributed by atoms with Crippen molar-refractivity contribution in [3.8, 4) is 0 Å². The lowest BCUT2D eigenvalue weighted by Gasteiger charge is -2.19. The Bertz CT molecular complexity index is 552. The van der Waals surface area contributed by atoms with Crippen LogP contribution in [0.15, 0.2) is 30.5 Å².